The number of thiocarbonyl (C=S) groups is 1. The molecule has 0 atom stereocenters. The van der Waals surface area contributed by atoms with Gasteiger partial charge in [0, 0.05) is 5.56 Å². The molecule has 1 amide bonds. The lowest BCUT2D eigenvalue weighted by Crippen LogP contribution is -2.34. The lowest BCUT2D eigenvalue weighted by molar-refractivity contribution is 0.0977. The molecule has 0 heterocycles. The molecule has 2 aromatic rings. The molecule has 0 spiro atoms. The summed E-state index contributed by atoms with van der Waals surface area (Å²) in [5.74, 6) is 0.233. The highest BCUT2D eigenvalue weighted by molar-refractivity contribution is 7.80. The maximum atomic E-state index is 12.3. The van der Waals surface area contributed by atoms with Gasteiger partial charge >= 0.3 is 0 Å². The van der Waals surface area contributed by atoms with Crippen molar-refractivity contribution in [1.29, 1.82) is 0 Å². The first-order valence-electron chi connectivity index (χ1n) is 7.30. The highest BCUT2D eigenvalue weighted by atomic mass is 35.5. The summed E-state index contributed by atoms with van der Waals surface area (Å²) < 4.78 is 5.57. The van der Waals surface area contributed by atoms with Crippen LogP contribution in [0.25, 0.3) is 0 Å². The lowest BCUT2D eigenvalue weighted by Gasteiger charge is -2.13. The zero-order valence-corrected chi connectivity index (χ0v) is 16.5. The standard InChI is InChI=1S/C17H15Cl3N2O2S/c1-9(2)24-11-5-3-4-10(6-11)16(23)22-17(25)21-15-8-13(19)12(18)7-14(15)20/h3-9H,1-2H3,(H2,21,22,23,25). The van der Waals surface area contributed by atoms with E-state index >= 15 is 0 Å². The molecule has 0 aliphatic carbocycles. The van der Waals surface area contributed by atoms with Crippen LogP contribution >= 0.6 is 47.0 Å². The van der Waals surface area contributed by atoms with Gasteiger partial charge < -0.3 is 10.1 Å². The monoisotopic (exact) mass is 416 g/mol. The number of benzene rings is 2. The van der Waals surface area contributed by atoms with Crippen molar-refractivity contribution in [3.05, 3.63) is 57.0 Å². The van der Waals surface area contributed by atoms with Crippen molar-refractivity contribution in [2.24, 2.45) is 0 Å². The topological polar surface area (TPSA) is 50.4 Å². The fraction of sp³-hybridized carbons (Fsp3) is 0.176. The molecule has 0 aliphatic heterocycles. The van der Waals surface area contributed by atoms with E-state index in [2.05, 4.69) is 10.6 Å². The van der Waals surface area contributed by atoms with E-state index in [1.54, 1.807) is 24.3 Å². The van der Waals surface area contributed by atoms with Crippen molar-refractivity contribution in [2.75, 3.05) is 5.32 Å². The fourth-order valence-electron chi connectivity index (χ4n) is 1.93. The quantitative estimate of drug-likeness (QED) is 0.505. The van der Waals surface area contributed by atoms with Crippen LogP contribution in [0.4, 0.5) is 5.69 Å². The Balaban J connectivity index is 2.05. The number of hydrogen-bond acceptors (Lipinski definition) is 3. The van der Waals surface area contributed by atoms with Gasteiger partial charge in [0.25, 0.3) is 5.91 Å². The van der Waals surface area contributed by atoms with Crippen molar-refractivity contribution >= 4 is 63.7 Å². The van der Waals surface area contributed by atoms with Crippen molar-refractivity contribution < 1.29 is 9.53 Å². The van der Waals surface area contributed by atoms with Crippen LogP contribution in [0.3, 0.4) is 0 Å². The molecular formula is C17H15Cl3N2O2S. The SMILES string of the molecule is CC(C)Oc1cccc(C(=O)NC(=S)Nc2cc(Cl)c(Cl)cc2Cl)c1. The van der Waals surface area contributed by atoms with Crippen LogP contribution in [0, 0.1) is 0 Å². The van der Waals surface area contributed by atoms with Crippen molar-refractivity contribution in [2.45, 2.75) is 20.0 Å². The lowest BCUT2D eigenvalue weighted by atomic mass is 10.2. The summed E-state index contributed by atoms with van der Waals surface area (Å²) in [5, 5.41) is 6.46. The first-order valence-corrected chi connectivity index (χ1v) is 8.84. The number of anilines is 1. The summed E-state index contributed by atoms with van der Waals surface area (Å²) in [6.07, 6.45) is 0.0119. The molecule has 25 heavy (non-hydrogen) atoms. The van der Waals surface area contributed by atoms with Crippen LogP contribution in [0.2, 0.25) is 15.1 Å². The fourth-order valence-corrected chi connectivity index (χ4v) is 2.73. The predicted molar refractivity (Wildman–Crippen MR) is 107 cm³/mol. The minimum atomic E-state index is -0.372. The molecule has 2 aromatic carbocycles. The van der Waals surface area contributed by atoms with Crippen molar-refractivity contribution in [3.63, 3.8) is 0 Å². The molecule has 0 saturated heterocycles. The average Bonchev–Trinajstić information content (AvgIpc) is 2.52. The Bertz CT molecular complexity index is 812. The van der Waals surface area contributed by atoms with E-state index in [-0.39, 0.29) is 17.1 Å². The number of amides is 1. The number of hydrogen-bond donors (Lipinski definition) is 2. The molecule has 2 rings (SSSR count). The van der Waals surface area contributed by atoms with Gasteiger partial charge in [0.15, 0.2) is 5.11 Å². The predicted octanol–water partition coefficient (Wildman–Crippen LogP) is 5.56. The molecule has 0 saturated carbocycles. The Labute approximate surface area is 166 Å². The number of ether oxygens (including phenoxy) is 1. The van der Waals surface area contributed by atoms with Gasteiger partial charge in [0.1, 0.15) is 5.75 Å². The van der Waals surface area contributed by atoms with Crippen molar-refractivity contribution in [3.8, 4) is 5.75 Å². The average molecular weight is 418 g/mol. The van der Waals surface area contributed by atoms with Crippen LogP contribution < -0.4 is 15.4 Å². The summed E-state index contributed by atoms with van der Waals surface area (Å²) in [6.45, 7) is 3.82. The maximum Gasteiger partial charge on any atom is 0.257 e. The molecule has 0 unspecified atom stereocenters. The van der Waals surface area contributed by atoms with Crippen LogP contribution in [-0.4, -0.2) is 17.1 Å². The van der Waals surface area contributed by atoms with Gasteiger partial charge in [-0.3, -0.25) is 10.1 Å². The smallest absolute Gasteiger partial charge is 0.257 e. The van der Waals surface area contributed by atoms with E-state index in [1.165, 1.54) is 12.1 Å². The van der Waals surface area contributed by atoms with Gasteiger partial charge in [-0.15, -0.1) is 0 Å². The molecule has 0 radical (unpaired) electrons. The molecule has 132 valence electrons. The number of carbonyl (C=O) groups excluding carboxylic acids is 1. The highest BCUT2D eigenvalue weighted by Gasteiger charge is 2.12. The summed E-state index contributed by atoms with van der Waals surface area (Å²) in [7, 11) is 0. The molecule has 0 fully saturated rings. The van der Waals surface area contributed by atoms with E-state index in [9.17, 15) is 4.79 Å². The minimum absolute atomic E-state index is 0.0119. The molecular weight excluding hydrogens is 403 g/mol. The number of rotatable bonds is 4. The van der Waals surface area contributed by atoms with Gasteiger partial charge in [-0.05, 0) is 56.4 Å². The van der Waals surface area contributed by atoms with E-state index in [1.807, 2.05) is 13.8 Å². The van der Waals surface area contributed by atoms with Crippen LogP contribution in [0.5, 0.6) is 5.75 Å². The molecule has 0 aliphatic rings. The zero-order chi connectivity index (χ0) is 18.6. The van der Waals surface area contributed by atoms with E-state index in [0.717, 1.165) is 0 Å². The van der Waals surface area contributed by atoms with Gasteiger partial charge in [0.05, 0.1) is 26.9 Å². The number of carbonyl (C=O) groups is 1. The second-order valence-electron chi connectivity index (χ2n) is 5.35. The first-order chi connectivity index (χ1) is 11.8. The Morgan fingerprint density at radius 2 is 1.76 bits per heavy atom. The normalized spacial score (nSPS) is 10.5. The zero-order valence-electron chi connectivity index (χ0n) is 13.4. The summed E-state index contributed by atoms with van der Waals surface area (Å²) >= 11 is 23.0. The first kappa shape index (κ1) is 19.8. The van der Waals surface area contributed by atoms with Gasteiger partial charge in [0.2, 0.25) is 0 Å². The van der Waals surface area contributed by atoms with Crippen LogP contribution in [0.15, 0.2) is 36.4 Å². The van der Waals surface area contributed by atoms with Crippen LogP contribution in [0.1, 0.15) is 24.2 Å². The molecule has 0 bridgehead atoms. The second kappa shape index (κ2) is 8.72. The third kappa shape index (κ3) is 5.75. The van der Waals surface area contributed by atoms with E-state index in [4.69, 9.17) is 51.8 Å². The van der Waals surface area contributed by atoms with Gasteiger partial charge in [-0.2, -0.15) is 0 Å². The highest BCUT2D eigenvalue weighted by Crippen LogP contribution is 2.32. The molecule has 4 nitrogen and oxygen atoms in total. The maximum absolute atomic E-state index is 12.3. The third-order valence-corrected chi connectivity index (χ3v) is 4.19. The van der Waals surface area contributed by atoms with Gasteiger partial charge in [-0.1, -0.05) is 40.9 Å². The van der Waals surface area contributed by atoms with Crippen LogP contribution in [-0.2, 0) is 0 Å². The van der Waals surface area contributed by atoms with Gasteiger partial charge in [-0.25, -0.2) is 0 Å². The van der Waals surface area contributed by atoms with E-state index in [0.29, 0.717) is 32.1 Å². The Hall–Kier alpha value is -1.53. The molecule has 8 heteroatoms. The van der Waals surface area contributed by atoms with E-state index < -0.39 is 0 Å². The third-order valence-electron chi connectivity index (χ3n) is 2.95. The summed E-state index contributed by atoms with van der Waals surface area (Å²) in [6, 6.07) is 9.84. The summed E-state index contributed by atoms with van der Waals surface area (Å²) in [4.78, 5) is 12.3. The molecule has 2 N–H and O–H groups in total. The Morgan fingerprint density at radius 3 is 2.44 bits per heavy atom. The number of nitrogens with one attached hydrogen (secondary N) is 2. The Kier molecular flexibility index (Phi) is 6.90. The summed E-state index contributed by atoms with van der Waals surface area (Å²) in [5.41, 5.74) is 0.862. The largest absolute Gasteiger partial charge is 0.491 e. The second-order valence-corrected chi connectivity index (χ2v) is 6.98. The molecule has 0 aromatic heterocycles. The number of halogens is 3. The Morgan fingerprint density at radius 1 is 1.08 bits per heavy atom. The minimum Gasteiger partial charge on any atom is -0.491 e. The van der Waals surface area contributed by atoms with Crippen molar-refractivity contribution in [1.82, 2.24) is 5.32 Å².